The number of thiophene rings is 1. The highest BCUT2D eigenvalue weighted by Gasteiger charge is 2.24. The summed E-state index contributed by atoms with van der Waals surface area (Å²) in [4.78, 5) is 17.1. The lowest BCUT2D eigenvalue weighted by Gasteiger charge is -2.20. The summed E-state index contributed by atoms with van der Waals surface area (Å²) < 4.78 is 16.6. The molecular weight excluding hydrogens is 461 g/mol. The molecule has 0 saturated heterocycles. The number of methoxy groups -OCH3 is 2. The molecule has 2 heterocycles. The molecule has 2 aromatic heterocycles. The van der Waals surface area contributed by atoms with Crippen molar-refractivity contribution in [1.82, 2.24) is 0 Å². The Morgan fingerprint density at radius 1 is 1.10 bits per heavy atom. The van der Waals surface area contributed by atoms with Crippen molar-refractivity contribution in [2.24, 2.45) is 0 Å². The molecule has 0 aliphatic rings. The smallest absolute Gasteiger partial charge is 0.348 e. The zero-order valence-corrected chi connectivity index (χ0v) is 19.3. The second kappa shape index (κ2) is 10.8. The van der Waals surface area contributed by atoms with E-state index in [9.17, 15) is 4.79 Å². The average molecular weight is 483 g/mol. The first kappa shape index (κ1) is 23.3. The van der Waals surface area contributed by atoms with Crippen LogP contribution in [-0.2, 0) is 17.6 Å². The molecule has 3 aromatic rings. The van der Waals surface area contributed by atoms with Crippen LogP contribution in [0, 0.1) is 0 Å². The Balaban J connectivity index is 1.94. The molecule has 0 saturated carbocycles. The number of H-pyrrole nitrogens is 1. The highest BCUT2D eigenvalue weighted by Crippen LogP contribution is 2.35. The summed E-state index contributed by atoms with van der Waals surface area (Å²) in [6, 6.07) is 8.83. The van der Waals surface area contributed by atoms with Crippen molar-refractivity contribution in [1.29, 1.82) is 0 Å². The minimum atomic E-state index is -0.673. The van der Waals surface area contributed by atoms with Crippen molar-refractivity contribution < 1.29 is 29.1 Å². The van der Waals surface area contributed by atoms with Crippen LogP contribution in [0.3, 0.4) is 0 Å². The fraction of sp³-hybridized carbons (Fsp3) is 0.273. The number of pyridine rings is 1. The minimum Gasteiger partial charge on any atom is -0.493 e. The second-order valence-electron chi connectivity index (χ2n) is 6.58. The lowest BCUT2D eigenvalue weighted by Crippen LogP contribution is -2.15. The molecule has 9 heteroatoms. The largest absolute Gasteiger partial charge is 0.493 e. The number of halogens is 2. The van der Waals surface area contributed by atoms with E-state index in [1.807, 2.05) is 12.1 Å². The van der Waals surface area contributed by atoms with E-state index in [0.29, 0.717) is 44.0 Å². The number of ether oxygens (including phenoxy) is 3. The van der Waals surface area contributed by atoms with Crippen molar-refractivity contribution >= 4 is 40.5 Å². The SMILES string of the molecule is COc1ccc([C@H](Cc2c(Cl)c[nH+]cc2Cl)OC(=O)c2ccc(CCO)s2)cc1OC. The number of aromatic amines is 1. The highest BCUT2D eigenvalue weighted by atomic mass is 35.5. The van der Waals surface area contributed by atoms with E-state index in [0.717, 1.165) is 4.88 Å². The maximum absolute atomic E-state index is 12.9. The molecule has 0 unspecified atom stereocenters. The first-order chi connectivity index (χ1) is 15.0. The molecule has 3 rings (SSSR count). The van der Waals surface area contributed by atoms with Crippen molar-refractivity contribution in [2.45, 2.75) is 18.9 Å². The fourth-order valence-electron chi connectivity index (χ4n) is 3.06. The molecule has 1 aromatic carbocycles. The van der Waals surface area contributed by atoms with Gasteiger partial charge in [-0.2, -0.15) is 0 Å². The number of hydrogen-bond acceptors (Lipinski definition) is 6. The number of aliphatic hydroxyl groups is 1. The monoisotopic (exact) mass is 482 g/mol. The summed E-state index contributed by atoms with van der Waals surface area (Å²) in [6.07, 6.45) is 3.33. The number of benzene rings is 1. The third-order valence-electron chi connectivity index (χ3n) is 4.64. The minimum absolute atomic E-state index is 0.0191. The van der Waals surface area contributed by atoms with Gasteiger partial charge >= 0.3 is 5.97 Å². The van der Waals surface area contributed by atoms with Crippen LogP contribution in [0.25, 0.3) is 0 Å². The van der Waals surface area contributed by atoms with E-state index in [1.165, 1.54) is 18.4 Å². The van der Waals surface area contributed by atoms with E-state index < -0.39 is 12.1 Å². The fourth-order valence-corrected chi connectivity index (χ4v) is 4.47. The van der Waals surface area contributed by atoms with E-state index in [1.54, 1.807) is 37.7 Å². The lowest BCUT2D eigenvalue weighted by molar-refractivity contribution is -0.377. The number of nitrogens with one attached hydrogen (secondary N) is 1. The molecule has 1 atom stereocenters. The van der Waals surface area contributed by atoms with Gasteiger partial charge < -0.3 is 19.3 Å². The first-order valence-corrected chi connectivity index (χ1v) is 11.0. The van der Waals surface area contributed by atoms with Gasteiger partial charge in [0, 0.05) is 29.9 Å². The van der Waals surface area contributed by atoms with Gasteiger partial charge in [0.15, 0.2) is 23.9 Å². The van der Waals surface area contributed by atoms with Crippen LogP contribution >= 0.6 is 34.5 Å². The van der Waals surface area contributed by atoms with Gasteiger partial charge in [-0.25, -0.2) is 9.78 Å². The van der Waals surface area contributed by atoms with Crippen LogP contribution in [0.5, 0.6) is 11.5 Å². The zero-order valence-electron chi connectivity index (χ0n) is 17.0. The average Bonchev–Trinajstić information content (AvgIpc) is 3.24. The number of hydrogen-bond donors (Lipinski definition) is 1. The Labute approximate surface area is 194 Å². The van der Waals surface area contributed by atoms with Crippen LogP contribution in [0.2, 0.25) is 10.0 Å². The number of carbonyl (C=O) groups excluding carboxylic acids is 1. The second-order valence-corrected chi connectivity index (χ2v) is 8.56. The summed E-state index contributed by atoms with van der Waals surface area (Å²) in [7, 11) is 3.09. The van der Waals surface area contributed by atoms with Gasteiger partial charge in [0.05, 0.1) is 14.2 Å². The van der Waals surface area contributed by atoms with Crippen LogP contribution in [0.4, 0.5) is 0 Å². The van der Waals surface area contributed by atoms with Gasteiger partial charge in [-0.3, -0.25) is 0 Å². The van der Waals surface area contributed by atoms with Gasteiger partial charge in [-0.05, 0) is 29.8 Å². The Morgan fingerprint density at radius 2 is 1.81 bits per heavy atom. The van der Waals surface area contributed by atoms with Crippen LogP contribution in [0.1, 0.15) is 31.8 Å². The normalized spacial score (nSPS) is 11.8. The Hall–Kier alpha value is -2.32. The molecule has 2 N–H and O–H groups in total. The van der Waals surface area contributed by atoms with Gasteiger partial charge in [-0.1, -0.05) is 29.3 Å². The quantitative estimate of drug-likeness (QED) is 0.452. The third-order valence-corrected chi connectivity index (χ3v) is 6.44. The molecular formula is C22H22Cl2NO5S+. The van der Waals surface area contributed by atoms with Gasteiger partial charge in [-0.15, -0.1) is 11.3 Å². The molecule has 0 aliphatic carbocycles. The molecule has 0 aliphatic heterocycles. The number of esters is 1. The maximum Gasteiger partial charge on any atom is 0.348 e. The number of rotatable bonds is 9. The Morgan fingerprint density at radius 3 is 2.45 bits per heavy atom. The van der Waals surface area contributed by atoms with E-state index in [4.69, 9.17) is 42.5 Å². The summed E-state index contributed by atoms with van der Waals surface area (Å²) in [5, 5.41) is 9.99. The number of aliphatic hydroxyl groups excluding tert-OH is 1. The molecule has 0 spiro atoms. The van der Waals surface area contributed by atoms with Crippen molar-refractivity contribution in [3.05, 3.63) is 73.7 Å². The number of carbonyl (C=O) groups is 1. The molecule has 164 valence electrons. The van der Waals surface area contributed by atoms with Crippen LogP contribution in [-0.4, -0.2) is 31.9 Å². The van der Waals surface area contributed by atoms with Crippen LogP contribution < -0.4 is 14.5 Å². The molecule has 0 bridgehead atoms. The summed E-state index contributed by atoms with van der Waals surface area (Å²) >= 11 is 14.0. The van der Waals surface area contributed by atoms with E-state index >= 15 is 0 Å². The lowest BCUT2D eigenvalue weighted by atomic mass is 10.0. The molecule has 0 amide bonds. The van der Waals surface area contributed by atoms with E-state index in [-0.39, 0.29) is 13.0 Å². The van der Waals surface area contributed by atoms with Crippen molar-refractivity contribution in [3.63, 3.8) is 0 Å². The molecule has 0 fully saturated rings. The van der Waals surface area contributed by atoms with Crippen molar-refractivity contribution in [2.75, 3.05) is 20.8 Å². The predicted molar refractivity (Wildman–Crippen MR) is 120 cm³/mol. The summed E-state index contributed by atoms with van der Waals surface area (Å²) in [5.41, 5.74) is 1.36. The number of aromatic nitrogens is 1. The zero-order chi connectivity index (χ0) is 22.4. The predicted octanol–water partition coefficient (Wildman–Crippen LogP) is 4.56. The maximum atomic E-state index is 12.9. The van der Waals surface area contributed by atoms with Crippen LogP contribution in [0.15, 0.2) is 42.7 Å². The molecule has 6 nitrogen and oxygen atoms in total. The first-order valence-electron chi connectivity index (χ1n) is 9.43. The van der Waals surface area contributed by atoms with Crippen molar-refractivity contribution in [3.8, 4) is 11.5 Å². The van der Waals surface area contributed by atoms with E-state index in [2.05, 4.69) is 4.98 Å². The van der Waals surface area contributed by atoms with Gasteiger partial charge in [0.25, 0.3) is 0 Å². The van der Waals surface area contributed by atoms with Gasteiger partial charge in [0.2, 0.25) is 0 Å². The Bertz CT molecular complexity index is 1040. The molecule has 0 radical (unpaired) electrons. The Kier molecular flexibility index (Phi) is 8.15. The topological polar surface area (TPSA) is 79.1 Å². The van der Waals surface area contributed by atoms with Gasteiger partial charge in [0.1, 0.15) is 21.0 Å². The highest BCUT2D eigenvalue weighted by molar-refractivity contribution is 7.13. The third kappa shape index (κ3) is 5.68. The molecule has 31 heavy (non-hydrogen) atoms. The summed E-state index contributed by atoms with van der Waals surface area (Å²) in [5.74, 6) is 0.610. The summed E-state index contributed by atoms with van der Waals surface area (Å²) in [6.45, 7) is 0.0191. The standard InChI is InChI=1S/C22H21Cl2NO5S/c1-28-18-5-3-13(9-20(18)29-2)19(10-15-16(23)11-25-12-17(15)24)30-22(27)21-6-4-14(31-21)7-8-26/h3-6,9,11-12,19,26H,7-8,10H2,1-2H3/p+1/t19-/m0/s1.